The molecule has 0 unspecified atom stereocenters. The Hall–Kier alpha value is -2.61. The third kappa shape index (κ3) is 2.28. The standard InChI is InChI=1S/C18H16N2/c1-2-3-5-8-15-14-20(16-9-6-4-7-10-16)18-11-12-19-13-17(15)18/h2-14H,1H3/b3-2-,8-5-. The SMILES string of the molecule is C/C=C\C=C/c1cn(-c2ccccc2)c2ccncc12. The molecule has 3 aromatic rings. The Bertz CT molecular complexity index is 764. The molecule has 0 N–H and O–H groups in total. The molecule has 0 spiro atoms. The predicted octanol–water partition coefficient (Wildman–Crippen LogP) is 4.61. The fraction of sp³-hybridized carbons (Fsp3) is 0.0556. The molecule has 0 fully saturated rings. The second-order valence-corrected chi connectivity index (χ2v) is 4.57. The molecule has 2 heteroatoms. The van der Waals surface area contributed by atoms with Gasteiger partial charge in [0.1, 0.15) is 0 Å². The van der Waals surface area contributed by atoms with Crippen molar-refractivity contribution in [2.24, 2.45) is 0 Å². The van der Waals surface area contributed by atoms with Gasteiger partial charge in [-0.1, -0.05) is 42.5 Å². The van der Waals surface area contributed by atoms with Gasteiger partial charge in [-0.3, -0.25) is 4.98 Å². The second-order valence-electron chi connectivity index (χ2n) is 4.57. The van der Waals surface area contributed by atoms with Crippen LogP contribution in [-0.2, 0) is 0 Å². The maximum atomic E-state index is 4.24. The summed E-state index contributed by atoms with van der Waals surface area (Å²) in [5, 5.41) is 1.16. The average molecular weight is 260 g/mol. The van der Waals surface area contributed by atoms with Crippen LogP contribution < -0.4 is 0 Å². The molecule has 0 amide bonds. The Balaban J connectivity index is 2.19. The summed E-state index contributed by atoms with van der Waals surface area (Å²) in [6.45, 7) is 2.01. The predicted molar refractivity (Wildman–Crippen MR) is 84.9 cm³/mol. The van der Waals surface area contributed by atoms with Crippen molar-refractivity contribution in [3.05, 3.63) is 78.8 Å². The number of allylic oxidation sites excluding steroid dienone is 3. The largest absolute Gasteiger partial charge is 0.316 e. The van der Waals surface area contributed by atoms with Gasteiger partial charge in [0.25, 0.3) is 0 Å². The number of para-hydroxylation sites is 1. The van der Waals surface area contributed by atoms with Crippen LogP contribution in [0.3, 0.4) is 0 Å². The molecule has 2 heterocycles. The lowest BCUT2D eigenvalue weighted by atomic mass is 10.2. The van der Waals surface area contributed by atoms with Crippen LogP contribution in [0.2, 0.25) is 0 Å². The van der Waals surface area contributed by atoms with Crippen molar-refractivity contribution in [1.29, 1.82) is 0 Å². The van der Waals surface area contributed by atoms with E-state index in [1.165, 1.54) is 11.1 Å². The topological polar surface area (TPSA) is 17.8 Å². The van der Waals surface area contributed by atoms with Crippen molar-refractivity contribution in [2.75, 3.05) is 0 Å². The summed E-state index contributed by atoms with van der Waals surface area (Å²) >= 11 is 0. The lowest BCUT2D eigenvalue weighted by Gasteiger charge is -2.03. The second kappa shape index (κ2) is 5.57. The van der Waals surface area contributed by atoms with Gasteiger partial charge in [-0.15, -0.1) is 0 Å². The Labute approximate surface area is 118 Å². The minimum Gasteiger partial charge on any atom is -0.316 e. The maximum absolute atomic E-state index is 4.24. The van der Waals surface area contributed by atoms with Crippen LogP contribution in [0.15, 0.2) is 73.2 Å². The fourth-order valence-electron chi connectivity index (χ4n) is 2.30. The highest BCUT2D eigenvalue weighted by Gasteiger charge is 2.07. The minimum atomic E-state index is 1.16. The number of fused-ring (bicyclic) bond motifs is 1. The van der Waals surface area contributed by atoms with Crippen molar-refractivity contribution < 1.29 is 0 Å². The highest BCUT2D eigenvalue weighted by Crippen LogP contribution is 2.25. The van der Waals surface area contributed by atoms with Gasteiger partial charge in [-0.25, -0.2) is 0 Å². The molecule has 0 saturated carbocycles. The zero-order valence-electron chi connectivity index (χ0n) is 11.4. The van der Waals surface area contributed by atoms with Crippen LogP contribution in [0, 0.1) is 0 Å². The van der Waals surface area contributed by atoms with E-state index >= 15 is 0 Å². The van der Waals surface area contributed by atoms with Crippen LogP contribution in [0.25, 0.3) is 22.7 Å². The molecule has 1 aromatic carbocycles. The highest BCUT2D eigenvalue weighted by atomic mass is 15.0. The number of hydrogen-bond acceptors (Lipinski definition) is 1. The molecule has 0 radical (unpaired) electrons. The number of pyridine rings is 1. The number of aromatic nitrogens is 2. The van der Waals surface area contributed by atoms with E-state index in [0.29, 0.717) is 0 Å². The van der Waals surface area contributed by atoms with Gasteiger partial charge in [0, 0.05) is 35.2 Å². The van der Waals surface area contributed by atoms with E-state index in [1.807, 2.05) is 37.5 Å². The van der Waals surface area contributed by atoms with E-state index in [-0.39, 0.29) is 0 Å². The third-order valence-electron chi connectivity index (χ3n) is 3.25. The molecule has 98 valence electrons. The van der Waals surface area contributed by atoms with Crippen LogP contribution in [0.1, 0.15) is 12.5 Å². The van der Waals surface area contributed by atoms with Crippen molar-refractivity contribution in [1.82, 2.24) is 9.55 Å². The molecule has 0 saturated heterocycles. The van der Waals surface area contributed by atoms with Gasteiger partial charge >= 0.3 is 0 Å². The Morgan fingerprint density at radius 1 is 1.05 bits per heavy atom. The summed E-state index contributed by atoms with van der Waals surface area (Å²) in [7, 11) is 0. The summed E-state index contributed by atoms with van der Waals surface area (Å²) < 4.78 is 2.20. The van der Waals surface area contributed by atoms with E-state index in [4.69, 9.17) is 0 Å². The van der Waals surface area contributed by atoms with E-state index in [9.17, 15) is 0 Å². The average Bonchev–Trinajstić information content (AvgIpc) is 2.88. The summed E-state index contributed by atoms with van der Waals surface area (Å²) in [5.74, 6) is 0. The van der Waals surface area contributed by atoms with Crippen molar-refractivity contribution in [3.63, 3.8) is 0 Å². The van der Waals surface area contributed by atoms with E-state index in [2.05, 4.69) is 58.2 Å². The Morgan fingerprint density at radius 3 is 2.70 bits per heavy atom. The number of benzene rings is 1. The van der Waals surface area contributed by atoms with E-state index < -0.39 is 0 Å². The molecule has 3 rings (SSSR count). The van der Waals surface area contributed by atoms with Gasteiger partial charge in [-0.2, -0.15) is 0 Å². The highest BCUT2D eigenvalue weighted by molar-refractivity contribution is 5.90. The van der Waals surface area contributed by atoms with Gasteiger partial charge in [0.05, 0.1) is 5.52 Å². The first kappa shape index (κ1) is 12.4. The smallest absolute Gasteiger partial charge is 0.0565 e. The fourth-order valence-corrected chi connectivity index (χ4v) is 2.30. The summed E-state index contributed by atoms with van der Waals surface area (Å²) in [6, 6.07) is 12.4. The quantitative estimate of drug-likeness (QED) is 0.628. The Kier molecular flexibility index (Phi) is 3.46. The summed E-state index contributed by atoms with van der Waals surface area (Å²) in [6.07, 6.45) is 14.1. The number of nitrogens with zero attached hydrogens (tertiary/aromatic N) is 2. The Morgan fingerprint density at radius 2 is 1.90 bits per heavy atom. The van der Waals surface area contributed by atoms with Crippen LogP contribution in [0.4, 0.5) is 0 Å². The third-order valence-corrected chi connectivity index (χ3v) is 3.25. The molecule has 0 bridgehead atoms. The number of rotatable bonds is 3. The minimum absolute atomic E-state index is 1.16. The normalized spacial score (nSPS) is 11.8. The molecular formula is C18H16N2. The lowest BCUT2D eigenvalue weighted by molar-refractivity contribution is 1.12. The van der Waals surface area contributed by atoms with Gasteiger partial charge in [-0.05, 0) is 25.1 Å². The monoisotopic (exact) mass is 260 g/mol. The zero-order valence-corrected chi connectivity index (χ0v) is 11.4. The van der Waals surface area contributed by atoms with Gasteiger partial charge < -0.3 is 4.57 Å². The lowest BCUT2D eigenvalue weighted by Crippen LogP contribution is -1.90. The first-order chi connectivity index (χ1) is 9.90. The van der Waals surface area contributed by atoms with Crippen molar-refractivity contribution >= 4 is 17.0 Å². The molecule has 2 nitrogen and oxygen atoms in total. The van der Waals surface area contributed by atoms with Gasteiger partial charge in [0.2, 0.25) is 0 Å². The van der Waals surface area contributed by atoms with Gasteiger partial charge in [0.15, 0.2) is 0 Å². The summed E-state index contributed by atoms with van der Waals surface area (Å²) in [5.41, 5.74) is 3.51. The zero-order chi connectivity index (χ0) is 13.8. The molecular weight excluding hydrogens is 244 g/mol. The van der Waals surface area contributed by atoms with Crippen LogP contribution in [0.5, 0.6) is 0 Å². The van der Waals surface area contributed by atoms with E-state index in [1.54, 1.807) is 0 Å². The molecule has 20 heavy (non-hydrogen) atoms. The van der Waals surface area contributed by atoms with Crippen LogP contribution in [-0.4, -0.2) is 9.55 Å². The van der Waals surface area contributed by atoms with Crippen molar-refractivity contribution in [2.45, 2.75) is 6.92 Å². The molecule has 0 aliphatic carbocycles. The molecule has 2 aromatic heterocycles. The molecule has 0 aliphatic rings. The molecule has 0 atom stereocenters. The number of hydrogen-bond donors (Lipinski definition) is 0. The van der Waals surface area contributed by atoms with Crippen LogP contribution >= 0.6 is 0 Å². The first-order valence-electron chi connectivity index (χ1n) is 6.70. The van der Waals surface area contributed by atoms with E-state index in [0.717, 1.165) is 11.1 Å². The first-order valence-corrected chi connectivity index (χ1v) is 6.70. The summed E-state index contributed by atoms with van der Waals surface area (Å²) in [4.78, 5) is 4.24. The maximum Gasteiger partial charge on any atom is 0.0565 e. The molecule has 0 aliphatic heterocycles. The van der Waals surface area contributed by atoms with Crippen molar-refractivity contribution in [3.8, 4) is 5.69 Å².